The van der Waals surface area contributed by atoms with Crippen LogP contribution in [0.1, 0.15) is 12.8 Å². The summed E-state index contributed by atoms with van der Waals surface area (Å²) in [5, 5.41) is 9.56. The van der Waals surface area contributed by atoms with Crippen LogP contribution in [0.4, 0.5) is 0 Å². The second kappa shape index (κ2) is 6.17. The summed E-state index contributed by atoms with van der Waals surface area (Å²) in [6.45, 7) is 0.479. The molecule has 1 aliphatic rings. The lowest BCUT2D eigenvalue weighted by molar-refractivity contribution is 0.231. The fraction of sp³-hybridized carbons (Fsp3) is 0.538. The maximum atomic E-state index is 9.56. The van der Waals surface area contributed by atoms with Gasteiger partial charge in [-0.05, 0) is 42.4 Å². The van der Waals surface area contributed by atoms with Crippen molar-refractivity contribution in [1.82, 2.24) is 0 Å². The van der Waals surface area contributed by atoms with Gasteiger partial charge in [0.2, 0.25) is 0 Å². The number of para-hydroxylation sites is 2. The summed E-state index contributed by atoms with van der Waals surface area (Å²) >= 11 is 2.00. The normalized spacial score (nSPS) is 18.9. The zero-order valence-electron chi connectivity index (χ0n) is 9.84. The third-order valence-corrected chi connectivity index (χ3v) is 4.22. The van der Waals surface area contributed by atoms with E-state index in [1.807, 2.05) is 17.8 Å². The molecule has 0 bridgehead atoms. The van der Waals surface area contributed by atoms with E-state index < -0.39 is 0 Å². The molecule has 1 unspecified atom stereocenters. The second-order valence-electron chi connectivity index (χ2n) is 4.39. The molecule has 2 rings (SSSR count). The lowest BCUT2D eigenvalue weighted by Crippen LogP contribution is -2.37. The Balaban J connectivity index is 1.83. The average molecular weight is 253 g/mol. The van der Waals surface area contributed by atoms with Crippen LogP contribution in [-0.2, 0) is 0 Å². The fourth-order valence-electron chi connectivity index (χ4n) is 2.05. The molecule has 1 saturated heterocycles. The monoisotopic (exact) mass is 253 g/mol. The van der Waals surface area contributed by atoms with Gasteiger partial charge in [0.1, 0.15) is 6.61 Å². The maximum absolute atomic E-state index is 9.56. The van der Waals surface area contributed by atoms with Crippen molar-refractivity contribution in [2.24, 2.45) is 11.7 Å². The van der Waals surface area contributed by atoms with E-state index in [0.29, 0.717) is 18.3 Å². The molecule has 1 atom stereocenters. The lowest BCUT2D eigenvalue weighted by atomic mass is 9.95. The number of ether oxygens (including phenoxy) is 1. The van der Waals surface area contributed by atoms with Gasteiger partial charge in [-0.1, -0.05) is 12.1 Å². The average Bonchev–Trinajstić information content (AvgIpc) is 2.38. The van der Waals surface area contributed by atoms with E-state index in [1.165, 1.54) is 24.3 Å². The van der Waals surface area contributed by atoms with Crippen LogP contribution in [0.3, 0.4) is 0 Å². The van der Waals surface area contributed by atoms with Gasteiger partial charge in [0, 0.05) is 6.04 Å². The zero-order chi connectivity index (χ0) is 12.1. The SMILES string of the molecule is NC(COc1ccccc1O)C1CCSCC1. The number of rotatable bonds is 4. The van der Waals surface area contributed by atoms with Gasteiger partial charge in [0.15, 0.2) is 11.5 Å². The lowest BCUT2D eigenvalue weighted by Gasteiger charge is -2.27. The van der Waals surface area contributed by atoms with E-state index in [-0.39, 0.29) is 11.8 Å². The minimum Gasteiger partial charge on any atom is -0.504 e. The Morgan fingerprint density at radius 3 is 2.76 bits per heavy atom. The molecule has 1 fully saturated rings. The maximum Gasteiger partial charge on any atom is 0.160 e. The highest BCUT2D eigenvalue weighted by molar-refractivity contribution is 7.99. The van der Waals surface area contributed by atoms with Crippen LogP contribution in [0.5, 0.6) is 11.5 Å². The highest BCUT2D eigenvalue weighted by atomic mass is 32.2. The van der Waals surface area contributed by atoms with Crippen molar-refractivity contribution in [2.75, 3.05) is 18.1 Å². The molecular weight excluding hydrogens is 234 g/mol. The molecule has 0 aliphatic carbocycles. The number of phenols is 1. The molecule has 1 aromatic carbocycles. The molecule has 0 amide bonds. The van der Waals surface area contributed by atoms with Gasteiger partial charge in [-0.25, -0.2) is 0 Å². The molecule has 0 saturated carbocycles. The first kappa shape index (κ1) is 12.6. The minimum atomic E-state index is 0.0653. The Hall–Kier alpha value is -0.870. The topological polar surface area (TPSA) is 55.5 Å². The molecule has 0 aromatic heterocycles. The van der Waals surface area contributed by atoms with Gasteiger partial charge in [0.25, 0.3) is 0 Å². The molecule has 94 valence electrons. The van der Waals surface area contributed by atoms with Crippen molar-refractivity contribution in [2.45, 2.75) is 18.9 Å². The van der Waals surface area contributed by atoms with Crippen molar-refractivity contribution < 1.29 is 9.84 Å². The summed E-state index contributed by atoms with van der Waals surface area (Å²) < 4.78 is 5.57. The van der Waals surface area contributed by atoms with Gasteiger partial charge in [-0.15, -0.1) is 0 Å². The van der Waals surface area contributed by atoms with Gasteiger partial charge in [-0.2, -0.15) is 11.8 Å². The quantitative estimate of drug-likeness (QED) is 0.864. The minimum absolute atomic E-state index is 0.0653. The van der Waals surface area contributed by atoms with Crippen LogP contribution >= 0.6 is 11.8 Å². The number of hydrogen-bond donors (Lipinski definition) is 2. The molecule has 1 aromatic rings. The van der Waals surface area contributed by atoms with E-state index in [9.17, 15) is 5.11 Å². The fourth-order valence-corrected chi connectivity index (χ4v) is 3.19. The van der Waals surface area contributed by atoms with E-state index in [4.69, 9.17) is 10.5 Å². The van der Waals surface area contributed by atoms with E-state index in [2.05, 4.69) is 0 Å². The third kappa shape index (κ3) is 3.54. The Labute approximate surface area is 106 Å². The van der Waals surface area contributed by atoms with Gasteiger partial charge in [-0.3, -0.25) is 0 Å². The molecule has 1 heterocycles. The van der Waals surface area contributed by atoms with Gasteiger partial charge < -0.3 is 15.6 Å². The summed E-state index contributed by atoms with van der Waals surface area (Å²) in [6.07, 6.45) is 2.35. The summed E-state index contributed by atoms with van der Waals surface area (Å²) in [5.74, 6) is 3.67. The van der Waals surface area contributed by atoms with E-state index in [1.54, 1.807) is 18.2 Å². The number of nitrogens with two attached hydrogens (primary N) is 1. The number of phenolic OH excluding ortho intramolecular Hbond substituents is 1. The third-order valence-electron chi connectivity index (χ3n) is 3.17. The van der Waals surface area contributed by atoms with Gasteiger partial charge in [0.05, 0.1) is 0 Å². The second-order valence-corrected chi connectivity index (χ2v) is 5.62. The number of benzene rings is 1. The smallest absolute Gasteiger partial charge is 0.160 e. The van der Waals surface area contributed by atoms with Crippen LogP contribution < -0.4 is 10.5 Å². The standard InChI is InChI=1S/C13H19NO2S/c14-11(10-5-7-17-8-6-10)9-16-13-4-2-1-3-12(13)15/h1-4,10-11,15H,5-9,14H2. The predicted octanol–water partition coefficient (Wildman–Crippen LogP) is 2.24. The Morgan fingerprint density at radius 1 is 1.35 bits per heavy atom. The summed E-state index contributed by atoms with van der Waals surface area (Å²) in [4.78, 5) is 0. The molecular formula is C13H19NO2S. The first-order chi connectivity index (χ1) is 8.27. The molecule has 0 spiro atoms. The number of hydrogen-bond acceptors (Lipinski definition) is 4. The van der Waals surface area contributed by atoms with Gasteiger partial charge >= 0.3 is 0 Å². The van der Waals surface area contributed by atoms with Crippen molar-refractivity contribution in [1.29, 1.82) is 0 Å². The Kier molecular flexibility index (Phi) is 4.57. The zero-order valence-corrected chi connectivity index (χ0v) is 10.7. The summed E-state index contributed by atoms with van der Waals surface area (Å²) in [7, 11) is 0. The summed E-state index contributed by atoms with van der Waals surface area (Å²) in [5.41, 5.74) is 6.13. The molecule has 1 aliphatic heterocycles. The highest BCUT2D eigenvalue weighted by Crippen LogP contribution is 2.27. The predicted molar refractivity (Wildman–Crippen MR) is 71.6 cm³/mol. The molecule has 3 nitrogen and oxygen atoms in total. The number of aromatic hydroxyl groups is 1. The van der Waals surface area contributed by atoms with Crippen molar-refractivity contribution in [3.8, 4) is 11.5 Å². The van der Waals surface area contributed by atoms with Crippen LogP contribution in [0.25, 0.3) is 0 Å². The largest absolute Gasteiger partial charge is 0.504 e. The Bertz CT molecular complexity index is 353. The highest BCUT2D eigenvalue weighted by Gasteiger charge is 2.21. The molecule has 0 radical (unpaired) electrons. The van der Waals surface area contributed by atoms with Crippen LogP contribution in [0, 0.1) is 5.92 Å². The van der Waals surface area contributed by atoms with E-state index >= 15 is 0 Å². The van der Waals surface area contributed by atoms with Crippen LogP contribution in [0.15, 0.2) is 24.3 Å². The van der Waals surface area contributed by atoms with Crippen molar-refractivity contribution in [3.05, 3.63) is 24.3 Å². The summed E-state index contributed by atoms with van der Waals surface area (Å²) in [6, 6.07) is 7.07. The van der Waals surface area contributed by atoms with Crippen molar-refractivity contribution >= 4 is 11.8 Å². The van der Waals surface area contributed by atoms with E-state index in [0.717, 1.165) is 0 Å². The van der Waals surface area contributed by atoms with Crippen LogP contribution in [-0.4, -0.2) is 29.3 Å². The number of thioether (sulfide) groups is 1. The first-order valence-electron chi connectivity index (χ1n) is 6.01. The molecule has 3 N–H and O–H groups in total. The van der Waals surface area contributed by atoms with Crippen LogP contribution in [0.2, 0.25) is 0 Å². The molecule has 17 heavy (non-hydrogen) atoms. The Morgan fingerprint density at radius 2 is 2.06 bits per heavy atom. The van der Waals surface area contributed by atoms with Crippen molar-refractivity contribution in [3.63, 3.8) is 0 Å². The first-order valence-corrected chi connectivity index (χ1v) is 7.17. The molecule has 4 heteroatoms.